The molecule has 1 fully saturated rings. The molecular formula is C11H12BrF2N. The minimum Gasteiger partial charge on any atom is -0.302 e. The quantitative estimate of drug-likeness (QED) is 0.830. The molecule has 0 aliphatic carbocycles. The maximum absolute atomic E-state index is 13.2. The number of hydrogen-bond acceptors (Lipinski definition) is 1. The van der Waals surface area contributed by atoms with Crippen LogP contribution < -0.4 is 5.32 Å². The summed E-state index contributed by atoms with van der Waals surface area (Å²) in [6.45, 7) is 1.57. The van der Waals surface area contributed by atoms with E-state index in [2.05, 4.69) is 21.2 Å². The second-order valence-corrected chi connectivity index (χ2v) is 5.05. The van der Waals surface area contributed by atoms with Crippen LogP contribution in [-0.2, 0) is 5.54 Å². The van der Waals surface area contributed by atoms with Gasteiger partial charge in [-0.1, -0.05) is 34.1 Å². The standard InChI is InChI=1S/C11H12BrF2N/c1-10(6-11(13,14)7-15-10)8-4-2-3-5-9(8)12/h2-5,15H,6-7H2,1H3. The maximum Gasteiger partial charge on any atom is 0.262 e. The average Bonchev–Trinajstić information content (AvgIpc) is 2.42. The second-order valence-electron chi connectivity index (χ2n) is 4.20. The Morgan fingerprint density at radius 1 is 1.33 bits per heavy atom. The SMILES string of the molecule is CC1(c2ccccc2Br)CC(F)(F)CN1. The molecule has 0 bridgehead atoms. The molecule has 1 nitrogen and oxygen atoms in total. The Morgan fingerprint density at radius 3 is 2.53 bits per heavy atom. The molecule has 1 saturated heterocycles. The van der Waals surface area contributed by atoms with Gasteiger partial charge in [-0.15, -0.1) is 0 Å². The Kier molecular flexibility index (Phi) is 2.59. The third-order valence-electron chi connectivity index (χ3n) is 2.82. The average molecular weight is 276 g/mol. The van der Waals surface area contributed by atoms with Crippen LogP contribution in [0.3, 0.4) is 0 Å². The van der Waals surface area contributed by atoms with E-state index in [1.807, 2.05) is 31.2 Å². The monoisotopic (exact) mass is 275 g/mol. The van der Waals surface area contributed by atoms with Crippen molar-refractivity contribution in [2.24, 2.45) is 0 Å². The molecule has 1 aliphatic rings. The van der Waals surface area contributed by atoms with Gasteiger partial charge in [-0.25, -0.2) is 8.78 Å². The van der Waals surface area contributed by atoms with E-state index in [-0.39, 0.29) is 13.0 Å². The van der Waals surface area contributed by atoms with E-state index in [0.717, 1.165) is 10.0 Å². The molecule has 1 N–H and O–H groups in total. The van der Waals surface area contributed by atoms with Crippen molar-refractivity contribution in [3.8, 4) is 0 Å². The van der Waals surface area contributed by atoms with E-state index < -0.39 is 11.5 Å². The molecule has 2 rings (SSSR count). The Labute approximate surface area is 96.0 Å². The van der Waals surface area contributed by atoms with Crippen LogP contribution in [0.15, 0.2) is 28.7 Å². The van der Waals surface area contributed by atoms with Crippen LogP contribution >= 0.6 is 15.9 Å². The van der Waals surface area contributed by atoms with Crippen molar-refractivity contribution in [2.45, 2.75) is 24.8 Å². The summed E-state index contributed by atoms with van der Waals surface area (Å²) in [5.74, 6) is -2.61. The normalized spacial score (nSPS) is 29.3. The fourth-order valence-electron chi connectivity index (χ4n) is 2.07. The number of nitrogens with one attached hydrogen (secondary N) is 1. The number of halogens is 3. The summed E-state index contributed by atoms with van der Waals surface area (Å²) in [7, 11) is 0. The van der Waals surface area contributed by atoms with Crippen LogP contribution in [0, 0.1) is 0 Å². The highest BCUT2D eigenvalue weighted by molar-refractivity contribution is 9.10. The van der Waals surface area contributed by atoms with Gasteiger partial charge in [0.2, 0.25) is 0 Å². The van der Waals surface area contributed by atoms with Gasteiger partial charge in [0, 0.05) is 16.4 Å². The van der Waals surface area contributed by atoms with Crippen molar-refractivity contribution in [1.29, 1.82) is 0 Å². The first-order chi connectivity index (χ1) is 6.93. The third kappa shape index (κ3) is 2.06. The molecule has 0 spiro atoms. The fourth-order valence-corrected chi connectivity index (χ4v) is 2.79. The molecule has 1 unspecified atom stereocenters. The molecule has 0 saturated carbocycles. The van der Waals surface area contributed by atoms with E-state index in [4.69, 9.17) is 0 Å². The van der Waals surface area contributed by atoms with Gasteiger partial charge in [0.1, 0.15) is 0 Å². The smallest absolute Gasteiger partial charge is 0.262 e. The highest BCUT2D eigenvalue weighted by Crippen LogP contribution is 2.41. The van der Waals surface area contributed by atoms with Crippen LogP contribution in [-0.4, -0.2) is 12.5 Å². The zero-order valence-electron chi connectivity index (χ0n) is 8.36. The van der Waals surface area contributed by atoms with Crippen molar-refractivity contribution in [3.63, 3.8) is 0 Å². The van der Waals surface area contributed by atoms with Crippen LogP contribution in [0.1, 0.15) is 18.9 Å². The largest absolute Gasteiger partial charge is 0.302 e. The molecule has 15 heavy (non-hydrogen) atoms. The number of benzene rings is 1. The Bertz CT molecular complexity index is 381. The van der Waals surface area contributed by atoms with Crippen molar-refractivity contribution in [1.82, 2.24) is 5.32 Å². The topological polar surface area (TPSA) is 12.0 Å². The van der Waals surface area contributed by atoms with Gasteiger partial charge in [0.15, 0.2) is 0 Å². The van der Waals surface area contributed by atoms with Gasteiger partial charge in [-0.2, -0.15) is 0 Å². The lowest BCUT2D eigenvalue weighted by molar-refractivity contribution is 0.0164. The minimum atomic E-state index is -2.61. The lowest BCUT2D eigenvalue weighted by Gasteiger charge is -2.25. The van der Waals surface area contributed by atoms with E-state index in [1.54, 1.807) is 0 Å². The molecule has 1 aliphatic heterocycles. The highest BCUT2D eigenvalue weighted by atomic mass is 79.9. The van der Waals surface area contributed by atoms with E-state index >= 15 is 0 Å². The van der Waals surface area contributed by atoms with E-state index in [1.165, 1.54) is 0 Å². The lowest BCUT2D eigenvalue weighted by Crippen LogP contribution is -2.33. The first kappa shape index (κ1) is 11.0. The van der Waals surface area contributed by atoms with Crippen LogP contribution in [0.4, 0.5) is 8.78 Å². The summed E-state index contributed by atoms with van der Waals surface area (Å²) >= 11 is 3.39. The predicted octanol–water partition coefficient (Wildman–Crippen LogP) is 3.29. The third-order valence-corrected chi connectivity index (χ3v) is 3.51. The molecule has 1 aromatic rings. The summed E-state index contributed by atoms with van der Waals surface area (Å²) in [4.78, 5) is 0. The molecule has 1 aromatic carbocycles. The Balaban J connectivity index is 2.36. The summed E-state index contributed by atoms with van der Waals surface area (Å²) in [6.07, 6.45) is -0.150. The van der Waals surface area contributed by atoms with Gasteiger partial charge >= 0.3 is 0 Å². The zero-order valence-corrected chi connectivity index (χ0v) is 9.94. The van der Waals surface area contributed by atoms with Gasteiger partial charge in [0.25, 0.3) is 5.92 Å². The molecule has 1 atom stereocenters. The summed E-state index contributed by atoms with van der Waals surface area (Å²) in [5, 5.41) is 2.90. The van der Waals surface area contributed by atoms with Crippen molar-refractivity contribution < 1.29 is 8.78 Å². The van der Waals surface area contributed by atoms with Crippen molar-refractivity contribution in [2.75, 3.05) is 6.54 Å². The van der Waals surface area contributed by atoms with E-state index in [9.17, 15) is 8.78 Å². The second kappa shape index (κ2) is 3.52. The number of rotatable bonds is 1. The zero-order chi connectivity index (χ0) is 11.1. The molecule has 82 valence electrons. The summed E-state index contributed by atoms with van der Waals surface area (Å²) in [6, 6.07) is 7.49. The molecule has 0 aromatic heterocycles. The van der Waals surface area contributed by atoms with Gasteiger partial charge < -0.3 is 5.32 Å². The summed E-state index contributed by atoms with van der Waals surface area (Å²) < 4.78 is 27.2. The van der Waals surface area contributed by atoms with Gasteiger partial charge in [-0.3, -0.25) is 0 Å². The molecular weight excluding hydrogens is 264 g/mol. The van der Waals surface area contributed by atoms with Gasteiger partial charge in [-0.05, 0) is 18.6 Å². The highest BCUT2D eigenvalue weighted by Gasteiger charge is 2.47. The van der Waals surface area contributed by atoms with Crippen LogP contribution in [0.25, 0.3) is 0 Å². The van der Waals surface area contributed by atoms with Crippen molar-refractivity contribution >= 4 is 15.9 Å². The molecule has 0 radical (unpaired) electrons. The maximum atomic E-state index is 13.2. The van der Waals surface area contributed by atoms with Gasteiger partial charge in [0.05, 0.1) is 6.54 Å². The Hall–Kier alpha value is -0.480. The molecule has 4 heteroatoms. The number of hydrogen-bond donors (Lipinski definition) is 1. The molecule has 0 amide bonds. The first-order valence-corrected chi connectivity index (χ1v) is 5.60. The lowest BCUT2D eigenvalue weighted by atomic mass is 9.90. The fraction of sp³-hybridized carbons (Fsp3) is 0.455. The van der Waals surface area contributed by atoms with E-state index in [0.29, 0.717) is 0 Å². The predicted molar refractivity (Wildman–Crippen MR) is 59.1 cm³/mol. The first-order valence-electron chi connectivity index (χ1n) is 4.81. The molecule has 1 heterocycles. The van der Waals surface area contributed by atoms with Crippen molar-refractivity contribution in [3.05, 3.63) is 34.3 Å². The van der Waals surface area contributed by atoms with Crippen LogP contribution in [0.2, 0.25) is 0 Å². The van der Waals surface area contributed by atoms with Crippen LogP contribution in [0.5, 0.6) is 0 Å². The summed E-state index contributed by atoms with van der Waals surface area (Å²) in [5.41, 5.74) is 0.256. The minimum absolute atomic E-state index is 0.150. The Morgan fingerprint density at radius 2 is 2.00 bits per heavy atom. The number of alkyl halides is 2.